The van der Waals surface area contributed by atoms with Crippen molar-refractivity contribution in [2.45, 2.75) is 45.4 Å². The summed E-state index contributed by atoms with van der Waals surface area (Å²) in [6, 6.07) is 5.51. The fourth-order valence-electron chi connectivity index (χ4n) is 3.72. The summed E-state index contributed by atoms with van der Waals surface area (Å²) in [6.45, 7) is 1.84. The van der Waals surface area contributed by atoms with Gasteiger partial charge in [-0.3, -0.25) is 0 Å². The van der Waals surface area contributed by atoms with E-state index >= 15 is 0 Å². The van der Waals surface area contributed by atoms with Crippen molar-refractivity contribution < 1.29 is 17.6 Å². The maximum Gasteiger partial charge on any atom is 0.147 e. The van der Waals surface area contributed by atoms with Gasteiger partial charge >= 0.3 is 0 Å². The first-order valence-corrected chi connectivity index (χ1v) is 8.81. The van der Waals surface area contributed by atoms with Gasteiger partial charge in [0.05, 0.1) is 0 Å². The van der Waals surface area contributed by atoms with Crippen LogP contribution in [0, 0.1) is 40.5 Å². The Kier molecular flexibility index (Phi) is 5.31. The minimum absolute atomic E-state index is 0.0742. The molecule has 0 fully saturated rings. The van der Waals surface area contributed by atoms with Gasteiger partial charge in [-0.2, -0.15) is 5.26 Å². The van der Waals surface area contributed by atoms with E-state index in [0.717, 1.165) is 0 Å². The molecule has 0 aliphatic heterocycles. The van der Waals surface area contributed by atoms with Crippen LogP contribution in [0.2, 0.25) is 0 Å². The summed E-state index contributed by atoms with van der Waals surface area (Å²) in [6.07, 6.45) is 2.86. The van der Waals surface area contributed by atoms with Crippen LogP contribution in [-0.4, -0.2) is 0 Å². The number of nitriles is 1. The van der Waals surface area contributed by atoms with Gasteiger partial charge in [0.2, 0.25) is 0 Å². The van der Waals surface area contributed by atoms with Gasteiger partial charge in [0.25, 0.3) is 0 Å². The SMILES string of the molecule is CCc1cc(F)c(CCC2CCc3c(cc(F)c(C#N)c3F)C2)c(F)c1. The third kappa shape index (κ3) is 3.46. The number of hydrogen-bond donors (Lipinski definition) is 0. The lowest BCUT2D eigenvalue weighted by Gasteiger charge is -2.25. The number of benzene rings is 2. The zero-order valence-corrected chi connectivity index (χ0v) is 14.5. The van der Waals surface area contributed by atoms with Crippen LogP contribution in [0.4, 0.5) is 17.6 Å². The standard InChI is InChI=1S/C21H19F4N/c1-2-12-8-18(22)16(19(23)9-12)6-4-13-3-5-15-14(7-13)10-20(24)17(11-26)21(15)25/h8-10,13H,2-7H2,1H3. The lowest BCUT2D eigenvalue weighted by Crippen LogP contribution is -2.18. The molecule has 3 rings (SSSR count). The Morgan fingerprint density at radius 2 is 1.77 bits per heavy atom. The fourth-order valence-corrected chi connectivity index (χ4v) is 3.72. The molecule has 0 saturated heterocycles. The summed E-state index contributed by atoms with van der Waals surface area (Å²) in [5.41, 5.74) is 1.10. The van der Waals surface area contributed by atoms with Crippen LogP contribution in [0.15, 0.2) is 18.2 Å². The normalized spacial score (nSPS) is 16.2. The van der Waals surface area contributed by atoms with E-state index in [4.69, 9.17) is 5.26 Å². The molecule has 1 nitrogen and oxygen atoms in total. The highest BCUT2D eigenvalue weighted by molar-refractivity contribution is 5.42. The topological polar surface area (TPSA) is 23.8 Å². The van der Waals surface area contributed by atoms with Crippen molar-refractivity contribution in [2.75, 3.05) is 0 Å². The predicted octanol–water partition coefficient (Wildman–Crippen LogP) is 5.41. The quantitative estimate of drug-likeness (QED) is 0.668. The van der Waals surface area contributed by atoms with Gasteiger partial charge in [-0.05, 0) is 79.3 Å². The summed E-state index contributed by atoms with van der Waals surface area (Å²) in [7, 11) is 0. The molecular weight excluding hydrogens is 342 g/mol. The zero-order chi connectivity index (χ0) is 18.8. The van der Waals surface area contributed by atoms with Crippen molar-refractivity contribution in [1.82, 2.24) is 0 Å². The minimum Gasteiger partial charge on any atom is -0.207 e. The Labute approximate surface area is 150 Å². The number of rotatable bonds is 4. The molecule has 0 bridgehead atoms. The highest BCUT2D eigenvalue weighted by Gasteiger charge is 2.25. The second-order valence-corrected chi connectivity index (χ2v) is 6.84. The van der Waals surface area contributed by atoms with Gasteiger partial charge in [-0.15, -0.1) is 0 Å². The van der Waals surface area contributed by atoms with E-state index in [9.17, 15) is 17.6 Å². The van der Waals surface area contributed by atoms with Crippen LogP contribution in [-0.2, 0) is 25.7 Å². The molecule has 26 heavy (non-hydrogen) atoms. The molecule has 0 amide bonds. The Morgan fingerprint density at radius 1 is 1.08 bits per heavy atom. The third-order valence-electron chi connectivity index (χ3n) is 5.25. The number of nitrogens with zero attached hydrogens (tertiary/aromatic N) is 1. The molecule has 0 heterocycles. The van der Waals surface area contributed by atoms with E-state index in [1.54, 1.807) is 6.07 Å². The molecule has 1 unspecified atom stereocenters. The smallest absolute Gasteiger partial charge is 0.147 e. The number of halogens is 4. The molecule has 1 aliphatic rings. The van der Waals surface area contributed by atoms with E-state index in [-0.39, 0.29) is 17.9 Å². The number of aryl methyl sites for hydroxylation is 1. The highest BCUT2D eigenvalue weighted by Crippen LogP contribution is 2.33. The van der Waals surface area contributed by atoms with Crippen LogP contribution in [0.1, 0.15) is 47.6 Å². The molecule has 2 aromatic rings. The molecule has 1 aliphatic carbocycles. The van der Waals surface area contributed by atoms with E-state index in [2.05, 4.69) is 0 Å². The second-order valence-electron chi connectivity index (χ2n) is 6.84. The second kappa shape index (κ2) is 7.49. The van der Waals surface area contributed by atoms with Crippen molar-refractivity contribution >= 4 is 0 Å². The van der Waals surface area contributed by atoms with Crippen LogP contribution in [0.25, 0.3) is 0 Å². The maximum absolute atomic E-state index is 14.2. The van der Waals surface area contributed by atoms with Crippen molar-refractivity contribution in [3.05, 3.63) is 69.3 Å². The first kappa shape index (κ1) is 18.4. The highest BCUT2D eigenvalue weighted by atomic mass is 19.1. The lowest BCUT2D eigenvalue weighted by atomic mass is 9.80. The molecular formula is C21H19F4N. The van der Waals surface area contributed by atoms with Crippen LogP contribution < -0.4 is 0 Å². The predicted molar refractivity (Wildman–Crippen MR) is 90.6 cm³/mol. The average Bonchev–Trinajstić information content (AvgIpc) is 2.60. The monoisotopic (exact) mass is 361 g/mol. The molecule has 0 N–H and O–H groups in total. The summed E-state index contributed by atoms with van der Waals surface area (Å²) in [5, 5.41) is 8.85. The van der Waals surface area contributed by atoms with Crippen molar-refractivity contribution in [3.63, 3.8) is 0 Å². The van der Waals surface area contributed by atoms with Crippen molar-refractivity contribution in [3.8, 4) is 6.07 Å². The zero-order valence-electron chi connectivity index (χ0n) is 14.5. The molecule has 5 heteroatoms. The van der Waals surface area contributed by atoms with Gasteiger partial charge < -0.3 is 0 Å². The molecule has 0 aromatic heterocycles. The molecule has 136 valence electrons. The third-order valence-corrected chi connectivity index (χ3v) is 5.25. The maximum atomic E-state index is 14.2. The van der Waals surface area contributed by atoms with E-state index < -0.39 is 28.8 Å². The molecule has 0 radical (unpaired) electrons. The lowest BCUT2D eigenvalue weighted by molar-refractivity contribution is 0.408. The van der Waals surface area contributed by atoms with Crippen molar-refractivity contribution in [2.24, 2.45) is 5.92 Å². The number of hydrogen-bond acceptors (Lipinski definition) is 1. The fraction of sp³-hybridized carbons (Fsp3) is 0.381. The van der Waals surface area contributed by atoms with Gasteiger partial charge in [0, 0.05) is 5.56 Å². The average molecular weight is 361 g/mol. The summed E-state index contributed by atoms with van der Waals surface area (Å²) in [4.78, 5) is 0. The first-order valence-electron chi connectivity index (χ1n) is 8.81. The summed E-state index contributed by atoms with van der Waals surface area (Å²) < 4.78 is 56.3. The Morgan fingerprint density at radius 3 is 2.38 bits per heavy atom. The van der Waals surface area contributed by atoms with Crippen LogP contribution in [0.3, 0.4) is 0 Å². The van der Waals surface area contributed by atoms with E-state index in [1.807, 2.05) is 6.92 Å². The number of fused-ring (bicyclic) bond motifs is 1. The summed E-state index contributed by atoms with van der Waals surface area (Å²) in [5.74, 6) is -2.59. The summed E-state index contributed by atoms with van der Waals surface area (Å²) >= 11 is 0. The van der Waals surface area contributed by atoms with E-state index in [1.165, 1.54) is 18.2 Å². The Balaban J connectivity index is 1.74. The molecule has 1 atom stereocenters. The van der Waals surface area contributed by atoms with Gasteiger partial charge in [-0.25, -0.2) is 17.6 Å². The van der Waals surface area contributed by atoms with Gasteiger partial charge in [0.1, 0.15) is 34.9 Å². The first-order chi connectivity index (χ1) is 12.4. The van der Waals surface area contributed by atoms with Gasteiger partial charge in [-0.1, -0.05) is 6.92 Å². The van der Waals surface area contributed by atoms with Gasteiger partial charge in [0.15, 0.2) is 0 Å². The molecule has 0 spiro atoms. The Hall–Kier alpha value is -2.35. The minimum atomic E-state index is -0.850. The Bertz CT molecular complexity index is 860. The van der Waals surface area contributed by atoms with Crippen LogP contribution >= 0.6 is 0 Å². The molecule has 2 aromatic carbocycles. The van der Waals surface area contributed by atoms with Crippen LogP contribution in [0.5, 0.6) is 0 Å². The van der Waals surface area contributed by atoms with Crippen molar-refractivity contribution in [1.29, 1.82) is 5.26 Å². The molecule has 0 saturated carbocycles. The van der Waals surface area contributed by atoms with E-state index in [0.29, 0.717) is 48.8 Å². The largest absolute Gasteiger partial charge is 0.207 e.